The Bertz CT molecular complexity index is 574. The minimum atomic E-state index is -4.78. The Morgan fingerprint density at radius 2 is 1.56 bits per heavy atom. The van der Waals surface area contributed by atoms with Crippen LogP contribution in [-0.2, 0) is 10.1 Å². The summed E-state index contributed by atoms with van der Waals surface area (Å²) in [5.74, 6) is -3.01. The van der Waals surface area contributed by atoms with E-state index in [0.717, 1.165) is 12.1 Å². The molecule has 0 aliphatic heterocycles. The van der Waals surface area contributed by atoms with Crippen molar-refractivity contribution in [2.24, 2.45) is 0 Å². The molecule has 0 amide bonds. The van der Waals surface area contributed by atoms with Crippen molar-refractivity contribution in [3.05, 3.63) is 42.5 Å². The number of hydrogen-bond donors (Lipinski definition) is 3. The minimum absolute atomic E-state index is 0.433. The number of hydrogen-bond acceptors (Lipinski definition) is 4. The van der Waals surface area contributed by atoms with Crippen LogP contribution in [0.3, 0.4) is 0 Å². The molecule has 0 spiro atoms. The fourth-order valence-corrected chi connectivity index (χ4v) is 1.75. The molecule has 1 aromatic carbocycles. The van der Waals surface area contributed by atoms with E-state index in [1.54, 1.807) is 0 Å². The maximum Gasteiger partial charge on any atom is 0.337 e. The molecule has 8 heteroatoms. The monoisotopic (exact) mass is 274 g/mol. The number of carboxylic acids is 2. The summed E-state index contributed by atoms with van der Waals surface area (Å²) in [4.78, 5) is 20.2. The van der Waals surface area contributed by atoms with E-state index in [2.05, 4.69) is 13.2 Å². The van der Waals surface area contributed by atoms with Crippen LogP contribution in [0.15, 0.2) is 36.3 Å². The molecule has 3 N–H and O–H groups in total. The van der Waals surface area contributed by atoms with Gasteiger partial charge >= 0.3 is 11.9 Å². The van der Waals surface area contributed by atoms with Gasteiger partial charge in [0.2, 0.25) is 0 Å². The first-order valence-electron chi connectivity index (χ1n) is 4.31. The summed E-state index contributed by atoms with van der Waals surface area (Å²) < 4.78 is 30.4. The van der Waals surface area contributed by atoms with Gasteiger partial charge in [-0.15, -0.1) is 13.2 Å². The molecule has 0 fully saturated rings. The van der Waals surface area contributed by atoms with Gasteiger partial charge in [0.15, 0.2) is 0 Å². The van der Waals surface area contributed by atoms with Gasteiger partial charge in [0.1, 0.15) is 4.90 Å². The Morgan fingerprint density at radius 1 is 1.06 bits per heavy atom. The van der Waals surface area contributed by atoms with Crippen LogP contribution in [0.5, 0.6) is 0 Å². The van der Waals surface area contributed by atoms with Crippen molar-refractivity contribution >= 4 is 22.1 Å². The van der Waals surface area contributed by atoms with Crippen molar-refractivity contribution in [3.8, 4) is 0 Å². The fraction of sp³-hybridized carbons (Fsp3) is 0. The van der Waals surface area contributed by atoms with E-state index < -0.39 is 38.1 Å². The van der Waals surface area contributed by atoms with Crippen LogP contribution in [0.25, 0.3) is 0 Å². The van der Waals surface area contributed by atoms with E-state index >= 15 is 0 Å². The highest BCUT2D eigenvalue weighted by Crippen LogP contribution is 2.17. The summed E-state index contributed by atoms with van der Waals surface area (Å²) in [6, 6.07) is 2.32. The maximum absolute atomic E-state index is 10.8. The molecule has 98 valence electrons. The average molecular weight is 274 g/mol. The van der Waals surface area contributed by atoms with Crippen molar-refractivity contribution < 1.29 is 32.8 Å². The summed E-state index contributed by atoms with van der Waals surface area (Å²) in [6.07, 6.45) is 0. The lowest BCUT2D eigenvalue weighted by molar-refractivity contribution is 0.0677. The van der Waals surface area contributed by atoms with Crippen molar-refractivity contribution in [2.45, 2.75) is 4.90 Å². The molecule has 0 radical (unpaired) electrons. The number of benzene rings is 1. The maximum atomic E-state index is 10.8. The zero-order chi connectivity index (χ0) is 14.5. The number of rotatable bonds is 3. The van der Waals surface area contributed by atoms with E-state index in [1.807, 2.05) is 0 Å². The lowest BCUT2D eigenvalue weighted by Gasteiger charge is -2.03. The third-order valence-corrected chi connectivity index (χ3v) is 2.63. The third-order valence-electron chi connectivity index (χ3n) is 1.74. The second-order valence-corrected chi connectivity index (χ2v) is 4.19. The second-order valence-electron chi connectivity index (χ2n) is 2.80. The summed E-state index contributed by atoms with van der Waals surface area (Å²) in [6.45, 7) is 6.00. The quantitative estimate of drug-likeness (QED) is 0.556. The molecule has 0 saturated heterocycles. The third kappa shape index (κ3) is 3.68. The van der Waals surface area contributed by atoms with Gasteiger partial charge < -0.3 is 10.2 Å². The number of carbonyl (C=O) groups is 2. The molecule has 0 heterocycles. The Hall–Kier alpha value is -2.19. The van der Waals surface area contributed by atoms with Gasteiger partial charge in [-0.3, -0.25) is 4.55 Å². The largest absolute Gasteiger partial charge is 0.478 e. The van der Waals surface area contributed by atoms with E-state index in [4.69, 9.17) is 14.8 Å². The molecule has 0 atom stereocenters. The highest BCUT2D eigenvalue weighted by Gasteiger charge is 2.21. The van der Waals surface area contributed by atoms with Crippen LogP contribution in [0.4, 0.5) is 0 Å². The normalized spacial score (nSPS) is 10.1. The molecule has 7 nitrogen and oxygen atoms in total. The molecule has 0 aliphatic rings. The molecular weight excluding hydrogens is 264 g/mol. The van der Waals surface area contributed by atoms with Gasteiger partial charge in [-0.2, -0.15) is 8.42 Å². The van der Waals surface area contributed by atoms with E-state index in [1.165, 1.54) is 0 Å². The first-order valence-corrected chi connectivity index (χ1v) is 5.75. The standard InChI is InChI=1S/C8H6O7S.C2H4/c9-7(10)4-1-2-5(8(11)12)6(3-4)16(13,14)15;1-2/h1-3H,(H,9,10)(H,11,12)(H,13,14,15);1-2H2. The van der Waals surface area contributed by atoms with E-state index in [-0.39, 0.29) is 0 Å². The van der Waals surface area contributed by atoms with Crippen molar-refractivity contribution in [1.29, 1.82) is 0 Å². The van der Waals surface area contributed by atoms with Crippen LogP contribution in [0.2, 0.25) is 0 Å². The predicted molar refractivity (Wildman–Crippen MR) is 61.4 cm³/mol. The minimum Gasteiger partial charge on any atom is -0.478 e. The molecular formula is C10H10O7S. The van der Waals surface area contributed by atoms with E-state index in [0.29, 0.717) is 6.07 Å². The fourth-order valence-electron chi connectivity index (χ4n) is 1.05. The van der Waals surface area contributed by atoms with Gasteiger partial charge in [0.05, 0.1) is 11.1 Å². The van der Waals surface area contributed by atoms with Crippen LogP contribution in [-0.4, -0.2) is 35.1 Å². The molecule has 1 rings (SSSR count). The lowest BCUT2D eigenvalue weighted by atomic mass is 10.1. The lowest BCUT2D eigenvalue weighted by Crippen LogP contribution is -2.10. The molecule has 0 bridgehead atoms. The Morgan fingerprint density at radius 3 is 1.89 bits per heavy atom. The van der Waals surface area contributed by atoms with Crippen molar-refractivity contribution in [3.63, 3.8) is 0 Å². The van der Waals surface area contributed by atoms with Gasteiger partial charge in [-0.05, 0) is 18.2 Å². The molecule has 0 unspecified atom stereocenters. The zero-order valence-corrected chi connectivity index (χ0v) is 9.85. The van der Waals surface area contributed by atoms with Crippen molar-refractivity contribution in [2.75, 3.05) is 0 Å². The average Bonchev–Trinajstić information content (AvgIpc) is 2.29. The predicted octanol–water partition coefficient (Wildman–Crippen LogP) is 1.13. The highest BCUT2D eigenvalue weighted by atomic mass is 32.2. The summed E-state index contributed by atoms with van der Waals surface area (Å²) >= 11 is 0. The number of aromatic carboxylic acids is 2. The van der Waals surface area contributed by atoms with E-state index in [9.17, 15) is 18.0 Å². The zero-order valence-electron chi connectivity index (χ0n) is 9.03. The SMILES string of the molecule is C=C.O=C(O)c1ccc(C(=O)O)c(S(=O)(=O)O)c1. The van der Waals surface area contributed by atoms with Crippen LogP contribution >= 0.6 is 0 Å². The van der Waals surface area contributed by atoms with Gasteiger partial charge in [-0.25, -0.2) is 9.59 Å². The molecule has 0 aliphatic carbocycles. The first kappa shape index (κ1) is 15.8. The van der Waals surface area contributed by atoms with Crippen LogP contribution in [0.1, 0.15) is 20.7 Å². The van der Waals surface area contributed by atoms with Gasteiger partial charge in [-0.1, -0.05) is 0 Å². The summed E-state index contributed by atoms with van der Waals surface area (Å²) in [5, 5.41) is 17.2. The molecule has 1 aromatic rings. The van der Waals surface area contributed by atoms with Crippen LogP contribution < -0.4 is 0 Å². The highest BCUT2D eigenvalue weighted by molar-refractivity contribution is 7.86. The first-order chi connectivity index (χ1) is 8.23. The van der Waals surface area contributed by atoms with Gasteiger partial charge in [0, 0.05) is 0 Å². The smallest absolute Gasteiger partial charge is 0.337 e. The molecule has 0 aromatic heterocycles. The van der Waals surface area contributed by atoms with Crippen LogP contribution in [0, 0.1) is 0 Å². The topological polar surface area (TPSA) is 129 Å². The van der Waals surface area contributed by atoms with Crippen molar-refractivity contribution in [1.82, 2.24) is 0 Å². The molecule has 18 heavy (non-hydrogen) atoms. The Balaban J connectivity index is 0.00000137. The number of carboxylic acid groups (broad SMARTS) is 2. The summed E-state index contributed by atoms with van der Waals surface area (Å²) in [5.41, 5.74) is -1.12. The van der Waals surface area contributed by atoms with Gasteiger partial charge in [0.25, 0.3) is 10.1 Å². The molecule has 0 saturated carbocycles. The summed E-state index contributed by atoms with van der Waals surface area (Å²) in [7, 11) is -4.78. The Labute approximate surface area is 103 Å². The second kappa shape index (κ2) is 5.94. The Kier molecular flexibility index (Phi) is 5.22.